The van der Waals surface area contributed by atoms with E-state index < -0.39 is 10.0 Å². The molecule has 0 aliphatic heterocycles. The molecule has 18 heavy (non-hydrogen) atoms. The molecule has 1 aliphatic carbocycles. The Kier molecular flexibility index (Phi) is 3.89. The summed E-state index contributed by atoms with van der Waals surface area (Å²) < 4.78 is 27.3. The van der Waals surface area contributed by atoms with Crippen molar-refractivity contribution in [3.8, 4) is 0 Å². The van der Waals surface area contributed by atoms with Gasteiger partial charge in [0.25, 0.3) is 0 Å². The number of rotatable bonds is 4. The molecule has 2 unspecified atom stereocenters. The van der Waals surface area contributed by atoms with E-state index in [1.807, 2.05) is 0 Å². The van der Waals surface area contributed by atoms with Gasteiger partial charge < -0.3 is 5.43 Å². The van der Waals surface area contributed by atoms with Gasteiger partial charge in [-0.05, 0) is 37.3 Å². The molecule has 0 bridgehead atoms. The molecule has 0 amide bonds. The van der Waals surface area contributed by atoms with Gasteiger partial charge in [0, 0.05) is 6.04 Å². The second kappa shape index (κ2) is 5.26. The van der Waals surface area contributed by atoms with Crippen molar-refractivity contribution in [1.82, 2.24) is 4.72 Å². The highest BCUT2D eigenvalue weighted by molar-refractivity contribution is 7.89. The monoisotopic (exact) mass is 269 g/mol. The Morgan fingerprint density at radius 2 is 2.00 bits per heavy atom. The minimum Gasteiger partial charge on any atom is -0.323 e. The lowest BCUT2D eigenvalue weighted by atomic mass is 10.1. The average Bonchev–Trinajstić information content (AvgIpc) is 2.74. The maximum Gasteiger partial charge on any atom is 0.242 e. The molecule has 0 saturated heterocycles. The molecule has 2 atom stereocenters. The lowest BCUT2D eigenvalue weighted by Crippen LogP contribution is -2.33. The molecule has 1 fully saturated rings. The van der Waals surface area contributed by atoms with Crippen LogP contribution in [0.5, 0.6) is 0 Å². The first-order valence-corrected chi connectivity index (χ1v) is 7.59. The molecule has 4 N–H and O–H groups in total. The number of sulfonamides is 1. The molecule has 5 nitrogen and oxygen atoms in total. The van der Waals surface area contributed by atoms with Gasteiger partial charge in [0.05, 0.1) is 5.69 Å². The maximum atomic E-state index is 12.3. The fourth-order valence-corrected chi connectivity index (χ4v) is 3.87. The number of hydrazine groups is 1. The van der Waals surface area contributed by atoms with E-state index in [1.165, 1.54) is 0 Å². The van der Waals surface area contributed by atoms with Gasteiger partial charge in [0.1, 0.15) is 4.90 Å². The highest BCUT2D eigenvalue weighted by Crippen LogP contribution is 2.27. The molecular weight excluding hydrogens is 250 g/mol. The smallest absolute Gasteiger partial charge is 0.242 e. The number of hydrogen-bond acceptors (Lipinski definition) is 4. The number of benzene rings is 1. The Bertz CT molecular complexity index is 516. The Hall–Kier alpha value is -1.11. The molecule has 1 saturated carbocycles. The van der Waals surface area contributed by atoms with Crippen LogP contribution in [0.1, 0.15) is 26.2 Å². The van der Waals surface area contributed by atoms with Crippen molar-refractivity contribution >= 4 is 15.7 Å². The highest BCUT2D eigenvalue weighted by atomic mass is 32.2. The topological polar surface area (TPSA) is 84.2 Å². The van der Waals surface area contributed by atoms with E-state index in [0.717, 1.165) is 19.3 Å². The summed E-state index contributed by atoms with van der Waals surface area (Å²) in [7, 11) is -3.50. The van der Waals surface area contributed by atoms with Gasteiger partial charge in [-0.15, -0.1) is 0 Å². The third-order valence-electron chi connectivity index (χ3n) is 3.35. The lowest BCUT2D eigenvalue weighted by molar-refractivity contribution is 0.538. The molecule has 1 aliphatic rings. The Balaban J connectivity index is 2.20. The van der Waals surface area contributed by atoms with Crippen molar-refractivity contribution in [3.05, 3.63) is 24.3 Å². The first kappa shape index (κ1) is 13.3. The zero-order chi connectivity index (χ0) is 13.2. The Morgan fingerprint density at radius 1 is 1.28 bits per heavy atom. The van der Waals surface area contributed by atoms with E-state index in [9.17, 15) is 8.42 Å². The fourth-order valence-electron chi connectivity index (χ4n) is 2.42. The number of anilines is 1. The summed E-state index contributed by atoms with van der Waals surface area (Å²) in [6, 6.07) is 6.66. The van der Waals surface area contributed by atoms with Crippen molar-refractivity contribution in [2.45, 2.75) is 37.1 Å². The van der Waals surface area contributed by atoms with Crippen molar-refractivity contribution in [2.24, 2.45) is 11.8 Å². The molecule has 6 heteroatoms. The minimum absolute atomic E-state index is 0.0378. The van der Waals surface area contributed by atoms with Crippen LogP contribution in [0.3, 0.4) is 0 Å². The maximum absolute atomic E-state index is 12.3. The van der Waals surface area contributed by atoms with Crippen molar-refractivity contribution < 1.29 is 8.42 Å². The van der Waals surface area contributed by atoms with Gasteiger partial charge in [-0.3, -0.25) is 5.84 Å². The third kappa shape index (κ3) is 2.82. The second-order valence-corrected chi connectivity index (χ2v) is 6.56. The molecule has 0 heterocycles. The SMILES string of the molecule is CC1CCC(NS(=O)(=O)c2ccccc2NN)C1. The minimum atomic E-state index is -3.50. The zero-order valence-electron chi connectivity index (χ0n) is 10.4. The Morgan fingerprint density at radius 3 is 2.61 bits per heavy atom. The Labute approximate surface area is 108 Å². The van der Waals surface area contributed by atoms with E-state index in [0.29, 0.717) is 11.6 Å². The van der Waals surface area contributed by atoms with Crippen LogP contribution in [0.4, 0.5) is 5.69 Å². The number of hydrogen-bond donors (Lipinski definition) is 3. The van der Waals surface area contributed by atoms with Crippen molar-refractivity contribution in [2.75, 3.05) is 5.43 Å². The van der Waals surface area contributed by atoms with Crippen molar-refractivity contribution in [3.63, 3.8) is 0 Å². The van der Waals surface area contributed by atoms with E-state index in [2.05, 4.69) is 17.1 Å². The third-order valence-corrected chi connectivity index (χ3v) is 4.93. The van der Waals surface area contributed by atoms with Gasteiger partial charge in [-0.2, -0.15) is 0 Å². The molecule has 0 spiro atoms. The van der Waals surface area contributed by atoms with Gasteiger partial charge >= 0.3 is 0 Å². The summed E-state index contributed by atoms with van der Waals surface area (Å²) in [5.41, 5.74) is 2.83. The van der Waals surface area contributed by atoms with Crippen LogP contribution in [0, 0.1) is 5.92 Å². The number of nitrogen functional groups attached to an aromatic ring is 1. The van der Waals surface area contributed by atoms with Gasteiger partial charge in [0.15, 0.2) is 0 Å². The zero-order valence-corrected chi connectivity index (χ0v) is 11.2. The number of nitrogens with one attached hydrogen (secondary N) is 2. The van der Waals surface area contributed by atoms with E-state index in [-0.39, 0.29) is 10.9 Å². The highest BCUT2D eigenvalue weighted by Gasteiger charge is 2.27. The normalized spacial score (nSPS) is 24.1. The standard InChI is InChI=1S/C12H19N3O2S/c1-9-6-7-10(8-9)15-18(16,17)12-5-3-2-4-11(12)14-13/h2-5,9-10,14-15H,6-8,13H2,1H3. The van der Waals surface area contributed by atoms with Gasteiger partial charge in [-0.1, -0.05) is 19.1 Å². The average molecular weight is 269 g/mol. The summed E-state index contributed by atoms with van der Waals surface area (Å²) >= 11 is 0. The fraction of sp³-hybridized carbons (Fsp3) is 0.500. The number of nitrogens with two attached hydrogens (primary N) is 1. The molecule has 2 rings (SSSR count). The molecule has 0 aromatic heterocycles. The van der Waals surface area contributed by atoms with Crippen LogP contribution < -0.4 is 16.0 Å². The molecule has 1 aromatic carbocycles. The lowest BCUT2D eigenvalue weighted by Gasteiger charge is -2.15. The van der Waals surface area contributed by atoms with Gasteiger partial charge in [-0.25, -0.2) is 13.1 Å². The first-order valence-electron chi connectivity index (χ1n) is 6.11. The summed E-state index contributed by atoms with van der Waals surface area (Å²) in [5.74, 6) is 5.92. The molecule has 1 aromatic rings. The number of para-hydroxylation sites is 1. The molecule has 0 radical (unpaired) electrons. The predicted octanol–water partition coefficient (Wildman–Crippen LogP) is 1.44. The van der Waals surface area contributed by atoms with E-state index in [4.69, 9.17) is 5.84 Å². The van der Waals surface area contributed by atoms with Crippen molar-refractivity contribution in [1.29, 1.82) is 0 Å². The summed E-state index contributed by atoms with van der Waals surface area (Å²) in [4.78, 5) is 0.201. The second-order valence-electron chi connectivity index (χ2n) is 4.88. The van der Waals surface area contributed by atoms with Crippen LogP contribution in [0.15, 0.2) is 29.2 Å². The van der Waals surface area contributed by atoms with Crippen LogP contribution in [-0.2, 0) is 10.0 Å². The summed E-state index contributed by atoms with van der Waals surface area (Å²) in [6.07, 6.45) is 2.88. The molecular formula is C12H19N3O2S. The molecule has 100 valence electrons. The van der Waals surface area contributed by atoms with Gasteiger partial charge in [0.2, 0.25) is 10.0 Å². The first-order chi connectivity index (χ1) is 8.53. The van der Waals surface area contributed by atoms with E-state index in [1.54, 1.807) is 24.3 Å². The summed E-state index contributed by atoms with van der Waals surface area (Å²) in [6.45, 7) is 2.14. The quantitative estimate of drug-likeness (QED) is 0.570. The largest absolute Gasteiger partial charge is 0.323 e. The summed E-state index contributed by atoms with van der Waals surface area (Å²) in [5, 5.41) is 0. The predicted molar refractivity (Wildman–Crippen MR) is 71.4 cm³/mol. The van der Waals surface area contributed by atoms with E-state index >= 15 is 0 Å². The van der Waals surface area contributed by atoms with Crippen LogP contribution in [0.2, 0.25) is 0 Å². The van der Waals surface area contributed by atoms with Crippen LogP contribution in [0.25, 0.3) is 0 Å². The van der Waals surface area contributed by atoms with Crippen LogP contribution in [-0.4, -0.2) is 14.5 Å². The van der Waals surface area contributed by atoms with Crippen LogP contribution >= 0.6 is 0 Å².